The molecule has 0 spiro atoms. The second kappa shape index (κ2) is 4.71. The van der Waals surface area contributed by atoms with Gasteiger partial charge in [0.15, 0.2) is 0 Å². The maximum absolute atomic E-state index is 12.9. The second-order valence-electron chi connectivity index (χ2n) is 7.35. The van der Waals surface area contributed by atoms with Gasteiger partial charge in [-0.15, -0.1) is 0 Å². The van der Waals surface area contributed by atoms with Crippen LogP contribution in [0.25, 0.3) is 0 Å². The van der Waals surface area contributed by atoms with Crippen molar-refractivity contribution in [3.8, 4) is 11.5 Å². The molecule has 25 heavy (non-hydrogen) atoms. The van der Waals surface area contributed by atoms with Gasteiger partial charge in [-0.25, -0.2) is 4.90 Å². The molecule has 6 nitrogen and oxygen atoms in total. The number of imide groups is 3. The molecule has 6 heteroatoms. The Balaban J connectivity index is 1.51. The average Bonchev–Trinajstić information content (AvgIpc) is 3.38. The molecular weight excluding hydrogens is 322 g/mol. The summed E-state index contributed by atoms with van der Waals surface area (Å²) < 4.78 is 5.00. The predicted octanol–water partition coefficient (Wildman–Crippen LogP) is 1.59. The molecule has 0 unspecified atom stereocenters. The smallest absolute Gasteiger partial charge is 0.271 e. The van der Waals surface area contributed by atoms with Crippen LogP contribution >= 0.6 is 0 Å². The van der Waals surface area contributed by atoms with Crippen molar-refractivity contribution < 1.29 is 24.2 Å². The first-order valence-electron chi connectivity index (χ1n) is 8.50. The Hall–Kier alpha value is -2.63. The number of amides is 3. The highest BCUT2D eigenvalue weighted by Crippen LogP contribution is 2.65. The zero-order valence-corrected chi connectivity index (χ0v) is 13.6. The van der Waals surface area contributed by atoms with E-state index in [0.717, 1.165) is 11.3 Å². The normalized spacial score (nSPS) is 37.1. The fraction of sp³-hybridized carbons (Fsp3) is 0.421. The number of methoxy groups -OCH3 is 1. The van der Waals surface area contributed by atoms with Crippen LogP contribution in [0.2, 0.25) is 0 Å². The SMILES string of the molecule is COc1ccc(C(=O)N2C(=O)[C@@H]3[C@H]4C=C[C@@H]([C@@H]5C[C@@H]45)[C@@H]3C2=O)c(O)c1. The molecule has 1 aliphatic heterocycles. The molecular formula is C19H17NO5. The van der Waals surface area contributed by atoms with E-state index in [1.54, 1.807) is 0 Å². The first kappa shape index (κ1) is 14.7. The van der Waals surface area contributed by atoms with E-state index in [2.05, 4.69) is 12.2 Å². The molecule has 4 aliphatic carbocycles. The molecule has 1 N–H and O–H groups in total. The Bertz CT molecular complexity index is 823. The summed E-state index contributed by atoms with van der Waals surface area (Å²) in [5.41, 5.74) is -0.0633. The van der Waals surface area contributed by atoms with Crippen LogP contribution < -0.4 is 4.74 Å². The molecule has 1 heterocycles. The number of likely N-dealkylation sites (tertiary alicyclic amines) is 1. The van der Waals surface area contributed by atoms with Gasteiger partial charge >= 0.3 is 0 Å². The third-order valence-electron chi connectivity index (χ3n) is 6.30. The van der Waals surface area contributed by atoms with Gasteiger partial charge in [-0.3, -0.25) is 14.4 Å². The van der Waals surface area contributed by atoms with Crippen LogP contribution in [0.3, 0.4) is 0 Å². The van der Waals surface area contributed by atoms with Crippen LogP contribution in [0.5, 0.6) is 11.5 Å². The molecule has 2 saturated carbocycles. The van der Waals surface area contributed by atoms with E-state index in [4.69, 9.17) is 4.74 Å². The highest BCUT2D eigenvalue weighted by molar-refractivity contribution is 6.22. The summed E-state index contributed by atoms with van der Waals surface area (Å²) in [4.78, 5) is 39.4. The number of carbonyl (C=O) groups is 3. The van der Waals surface area contributed by atoms with Crippen LogP contribution in [0.4, 0.5) is 0 Å². The molecule has 3 amide bonds. The number of carbonyl (C=O) groups excluding carboxylic acids is 3. The van der Waals surface area contributed by atoms with Crippen LogP contribution in [0.1, 0.15) is 16.8 Å². The van der Waals surface area contributed by atoms with Crippen molar-refractivity contribution in [2.45, 2.75) is 6.42 Å². The van der Waals surface area contributed by atoms with Crippen molar-refractivity contribution in [2.24, 2.45) is 35.5 Å². The predicted molar refractivity (Wildman–Crippen MR) is 85.5 cm³/mol. The van der Waals surface area contributed by atoms with Crippen LogP contribution in [0, 0.1) is 35.5 Å². The summed E-state index contributed by atoms with van der Waals surface area (Å²) in [6, 6.07) is 4.20. The Morgan fingerprint density at radius 2 is 1.72 bits per heavy atom. The Labute approximate surface area is 144 Å². The molecule has 5 aliphatic rings. The first-order chi connectivity index (χ1) is 12.0. The van der Waals surface area contributed by atoms with E-state index >= 15 is 0 Å². The molecule has 2 bridgehead atoms. The van der Waals surface area contributed by atoms with Crippen LogP contribution in [-0.4, -0.2) is 34.8 Å². The summed E-state index contributed by atoms with van der Waals surface area (Å²) in [5, 5.41) is 10.1. The number of hydrogen-bond acceptors (Lipinski definition) is 5. The number of phenolic OH excluding ortho intramolecular Hbond substituents is 1. The molecule has 0 aromatic heterocycles. The highest BCUT2D eigenvalue weighted by Gasteiger charge is 2.67. The van der Waals surface area contributed by atoms with E-state index in [1.165, 1.54) is 25.3 Å². The van der Waals surface area contributed by atoms with Gasteiger partial charge in [-0.1, -0.05) is 12.2 Å². The maximum Gasteiger partial charge on any atom is 0.271 e. The summed E-state index contributed by atoms with van der Waals surface area (Å²) in [6.45, 7) is 0. The lowest BCUT2D eigenvalue weighted by Crippen LogP contribution is -2.40. The lowest BCUT2D eigenvalue weighted by molar-refractivity contribution is -0.136. The lowest BCUT2D eigenvalue weighted by Gasteiger charge is -2.37. The minimum Gasteiger partial charge on any atom is -0.507 e. The third kappa shape index (κ3) is 1.77. The Kier molecular flexibility index (Phi) is 2.77. The monoisotopic (exact) mass is 339 g/mol. The van der Waals surface area contributed by atoms with Crippen molar-refractivity contribution in [3.63, 3.8) is 0 Å². The molecule has 0 radical (unpaired) electrons. The topological polar surface area (TPSA) is 83.9 Å². The van der Waals surface area contributed by atoms with Crippen molar-refractivity contribution >= 4 is 17.7 Å². The summed E-state index contributed by atoms with van der Waals surface area (Å²) >= 11 is 0. The number of ether oxygens (including phenoxy) is 1. The molecule has 1 aromatic carbocycles. The zero-order chi connectivity index (χ0) is 17.5. The minimum atomic E-state index is -0.752. The van der Waals surface area contributed by atoms with E-state index in [1.807, 2.05) is 0 Å². The minimum absolute atomic E-state index is 0.0633. The van der Waals surface area contributed by atoms with Gasteiger partial charge in [0.05, 0.1) is 24.5 Å². The molecule has 128 valence electrons. The van der Waals surface area contributed by atoms with Gasteiger partial charge in [0.1, 0.15) is 11.5 Å². The highest BCUT2D eigenvalue weighted by atomic mass is 16.5. The molecule has 6 rings (SSSR count). The molecule has 1 saturated heterocycles. The van der Waals surface area contributed by atoms with E-state index in [-0.39, 0.29) is 23.1 Å². The van der Waals surface area contributed by atoms with E-state index < -0.39 is 29.6 Å². The zero-order valence-electron chi connectivity index (χ0n) is 13.6. The largest absolute Gasteiger partial charge is 0.507 e. The van der Waals surface area contributed by atoms with E-state index in [0.29, 0.717) is 17.6 Å². The lowest BCUT2D eigenvalue weighted by atomic mass is 9.63. The fourth-order valence-electron chi connectivity index (χ4n) is 5.10. The van der Waals surface area contributed by atoms with Crippen molar-refractivity contribution in [1.82, 2.24) is 4.90 Å². The van der Waals surface area contributed by atoms with Gasteiger partial charge < -0.3 is 9.84 Å². The number of nitrogens with zero attached hydrogens (tertiary/aromatic N) is 1. The number of aromatic hydroxyl groups is 1. The van der Waals surface area contributed by atoms with Gasteiger partial charge in [0.25, 0.3) is 5.91 Å². The quantitative estimate of drug-likeness (QED) is 0.653. The third-order valence-corrected chi connectivity index (χ3v) is 6.30. The molecule has 6 atom stereocenters. The van der Waals surface area contributed by atoms with Crippen molar-refractivity contribution in [2.75, 3.05) is 7.11 Å². The van der Waals surface area contributed by atoms with Crippen molar-refractivity contribution in [3.05, 3.63) is 35.9 Å². The number of phenols is 1. The summed E-state index contributed by atoms with van der Waals surface area (Å²) in [5.74, 6) is -1.23. The number of benzene rings is 1. The summed E-state index contributed by atoms with van der Waals surface area (Å²) in [6.07, 6.45) is 5.19. The standard InChI is InChI=1S/C19H17NO5/c1-25-8-2-3-11(14(21)6-8)17(22)20-18(23)15-9-4-5-10(13-7-12(9)13)16(15)19(20)24/h2-6,9-10,12-13,15-16,21H,7H2,1H3/t9-,10-,12-,13-,15-,16+/m0/s1. The molecule has 3 fully saturated rings. The average molecular weight is 339 g/mol. The number of hydrogen-bond donors (Lipinski definition) is 1. The van der Waals surface area contributed by atoms with Gasteiger partial charge in [0, 0.05) is 6.07 Å². The first-order valence-corrected chi connectivity index (χ1v) is 8.50. The Morgan fingerprint density at radius 3 is 2.24 bits per heavy atom. The number of rotatable bonds is 2. The van der Waals surface area contributed by atoms with Crippen molar-refractivity contribution in [1.29, 1.82) is 0 Å². The molecule has 1 aromatic rings. The second-order valence-corrected chi connectivity index (χ2v) is 7.35. The van der Waals surface area contributed by atoms with Gasteiger partial charge in [0.2, 0.25) is 11.8 Å². The van der Waals surface area contributed by atoms with Gasteiger partial charge in [-0.05, 0) is 42.2 Å². The Morgan fingerprint density at radius 1 is 1.12 bits per heavy atom. The van der Waals surface area contributed by atoms with Crippen LogP contribution in [-0.2, 0) is 9.59 Å². The van der Waals surface area contributed by atoms with Crippen LogP contribution in [0.15, 0.2) is 30.4 Å². The van der Waals surface area contributed by atoms with E-state index in [9.17, 15) is 19.5 Å². The fourth-order valence-corrected chi connectivity index (χ4v) is 5.10. The number of allylic oxidation sites excluding steroid dienone is 2. The maximum atomic E-state index is 12.9. The van der Waals surface area contributed by atoms with Gasteiger partial charge in [-0.2, -0.15) is 0 Å². The summed E-state index contributed by atoms with van der Waals surface area (Å²) in [7, 11) is 1.45.